The standard InChI is InChI=1S/C12H15N3O2S/c13-10(16)7-18-12-14-9(6-11(17)15-12)8-4-2-1-3-5-8/h1-5,9,12,14H,6-7H2,(H2,13,16)(H,15,17). The van der Waals surface area contributed by atoms with E-state index in [0.717, 1.165) is 5.56 Å². The van der Waals surface area contributed by atoms with Crippen LogP contribution in [-0.2, 0) is 9.59 Å². The normalized spacial score (nSPS) is 23.4. The number of benzene rings is 1. The quantitative estimate of drug-likeness (QED) is 0.733. The van der Waals surface area contributed by atoms with Gasteiger partial charge in [0, 0.05) is 12.5 Å². The van der Waals surface area contributed by atoms with Crippen molar-refractivity contribution in [2.24, 2.45) is 5.73 Å². The Labute approximate surface area is 110 Å². The van der Waals surface area contributed by atoms with Gasteiger partial charge in [0.05, 0.1) is 5.75 Å². The van der Waals surface area contributed by atoms with Crippen LogP contribution in [-0.4, -0.2) is 23.1 Å². The summed E-state index contributed by atoms with van der Waals surface area (Å²) in [4.78, 5) is 22.4. The Kier molecular flexibility index (Phi) is 4.22. The summed E-state index contributed by atoms with van der Waals surface area (Å²) in [5.41, 5.74) is 5.88. The van der Waals surface area contributed by atoms with Gasteiger partial charge in [-0.25, -0.2) is 0 Å². The second-order valence-electron chi connectivity index (χ2n) is 4.06. The van der Waals surface area contributed by atoms with E-state index in [9.17, 15) is 9.59 Å². The molecule has 1 aromatic carbocycles. The van der Waals surface area contributed by atoms with Crippen molar-refractivity contribution in [3.63, 3.8) is 0 Å². The lowest BCUT2D eigenvalue weighted by molar-refractivity contribution is -0.123. The Morgan fingerprint density at radius 1 is 1.39 bits per heavy atom. The molecule has 2 amide bonds. The summed E-state index contributed by atoms with van der Waals surface area (Å²) in [6.07, 6.45) is 0.400. The molecule has 1 saturated heterocycles. The molecule has 6 heteroatoms. The molecule has 96 valence electrons. The van der Waals surface area contributed by atoms with Crippen LogP contribution in [0.5, 0.6) is 0 Å². The third-order valence-electron chi connectivity index (χ3n) is 2.63. The molecule has 1 aliphatic rings. The number of amides is 2. The highest BCUT2D eigenvalue weighted by molar-refractivity contribution is 8.00. The zero-order chi connectivity index (χ0) is 13.0. The average molecular weight is 265 g/mol. The Bertz CT molecular complexity index is 438. The van der Waals surface area contributed by atoms with Crippen molar-refractivity contribution in [1.82, 2.24) is 10.6 Å². The van der Waals surface area contributed by atoms with Crippen LogP contribution < -0.4 is 16.4 Å². The number of rotatable bonds is 4. The lowest BCUT2D eigenvalue weighted by Gasteiger charge is -2.31. The van der Waals surface area contributed by atoms with Gasteiger partial charge in [-0.05, 0) is 5.56 Å². The average Bonchev–Trinajstić information content (AvgIpc) is 2.37. The van der Waals surface area contributed by atoms with Crippen LogP contribution in [0.3, 0.4) is 0 Å². The predicted molar refractivity (Wildman–Crippen MR) is 70.5 cm³/mol. The number of hydrogen-bond acceptors (Lipinski definition) is 4. The van der Waals surface area contributed by atoms with Crippen molar-refractivity contribution < 1.29 is 9.59 Å². The Hall–Kier alpha value is -1.53. The number of nitrogens with one attached hydrogen (secondary N) is 2. The molecule has 2 rings (SSSR count). The molecule has 2 unspecified atom stereocenters. The first-order valence-electron chi connectivity index (χ1n) is 5.65. The van der Waals surface area contributed by atoms with E-state index < -0.39 is 5.91 Å². The van der Waals surface area contributed by atoms with E-state index in [-0.39, 0.29) is 23.2 Å². The number of primary amides is 1. The molecule has 0 saturated carbocycles. The second-order valence-corrected chi connectivity index (χ2v) is 5.15. The van der Waals surface area contributed by atoms with Gasteiger partial charge in [0.2, 0.25) is 11.8 Å². The van der Waals surface area contributed by atoms with Crippen LogP contribution in [0, 0.1) is 0 Å². The molecular formula is C12H15N3O2S. The van der Waals surface area contributed by atoms with Crippen molar-refractivity contribution in [2.75, 3.05) is 5.75 Å². The summed E-state index contributed by atoms with van der Waals surface area (Å²) in [5.74, 6) is -0.234. The first-order chi connectivity index (χ1) is 8.65. The van der Waals surface area contributed by atoms with E-state index in [1.807, 2.05) is 30.3 Å². The number of carbonyl (C=O) groups is 2. The molecular weight excluding hydrogens is 250 g/mol. The molecule has 4 N–H and O–H groups in total. The monoisotopic (exact) mass is 265 g/mol. The van der Waals surface area contributed by atoms with Gasteiger partial charge in [-0.1, -0.05) is 30.3 Å². The molecule has 5 nitrogen and oxygen atoms in total. The van der Waals surface area contributed by atoms with Gasteiger partial charge in [-0.15, -0.1) is 11.8 Å². The van der Waals surface area contributed by atoms with Gasteiger partial charge in [0.1, 0.15) is 5.50 Å². The van der Waals surface area contributed by atoms with E-state index in [1.165, 1.54) is 11.8 Å². The summed E-state index contributed by atoms with van der Waals surface area (Å²) in [6.45, 7) is 0. The van der Waals surface area contributed by atoms with Crippen LogP contribution >= 0.6 is 11.8 Å². The second kappa shape index (κ2) is 5.88. The van der Waals surface area contributed by atoms with Gasteiger partial charge in [0.15, 0.2) is 0 Å². The molecule has 1 aromatic rings. The number of nitrogens with two attached hydrogens (primary N) is 1. The lowest BCUT2D eigenvalue weighted by atomic mass is 10.0. The molecule has 0 spiro atoms. The maximum Gasteiger partial charge on any atom is 0.227 e. The third-order valence-corrected chi connectivity index (χ3v) is 3.67. The van der Waals surface area contributed by atoms with E-state index >= 15 is 0 Å². The Morgan fingerprint density at radius 3 is 2.78 bits per heavy atom. The summed E-state index contributed by atoms with van der Waals surface area (Å²) in [5, 5.41) is 6.06. The molecule has 1 heterocycles. The topological polar surface area (TPSA) is 84.2 Å². The maximum atomic E-state index is 11.6. The molecule has 1 fully saturated rings. The molecule has 1 aliphatic heterocycles. The van der Waals surface area contributed by atoms with Gasteiger partial charge >= 0.3 is 0 Å². The van der Waals surface area contributed by atoms with Crippen LogP contribution in [0.25, 0.3) is 0 Å². The first kappa shape index (κ1) is 12.9. The van der Waals surface area contributed by atoms with Crippen molar-refractivity contribution >= 4 is 23.6 Å². The van der Waals surface area contributed by atoms with Crippen molar-refractivity contribution in [1.29, 1.82) is 0 Å². The van der Waals surface area contributed by atoms with E-state index in [1.54, 1.807) is 0 Å². The number of carbonyl (C=O) groups excluding carboxylic acids is 2. The Balaban J connectivity index is 2.00. The number of hydrogen-bond donors (Lipinski definition) is 3. The SMILES string of the molecule is NC(=O)CSC1NC(=O)CC(c2ccccc2)N1. The lowest BCUT2D eigenvalue weighted by Crippen LogP contribution is -2.51. The molecule has 0 aliphatic carbocycles. The zero-order valence-electron chi connectivity index (χ0n) is 9.76. The van der Waals surface area contributed by atoms with Crippen molar-refractivity contribution in [3.05, 3.63) is 35.9 Å². The summed E-state index contributed by atoms with van der Waals surface area (Å²) >= 11 is 1.29. The van der Waals surface area contributed by atoms with Gasteiger partial charge in [-0.3, -0.25) is 14.9 Å². The van der Waals surface area contributed by atoms with Crippen LogP contribution in [0.1, 0.15) is 18.0 Å². The minimum absolute atomic E-state index is 0.0228. The fourth-order valence-corrected chi connectivity index (χ4v) is 2.63. The largest absolute Gasteiger partial charge is 0.369 e. The molecule has 18 heavy (non-hydrogen) atoms. The fourth-order valence-electron chi connectivity index (χ4n) is 1.83. The van der Waals surface area contributed by atoms with Gasteiger partial charge in [-0.2, -0.15) is 0 Å². The molecule has 0 radical (unpaired) electrons. The zero-order valence-corrected chi connectivity index (χ0v) is 10.6. The van der Waals surface area contributed by atoms with Gasteiger partial charge < -0.3 is 11.1 Å². The first-order valence-corrected chi connectivity index (χ1v) is 6.70. The maximum absolute atomic E-state index is 11.6. The minimum atomic E-state index is -0.391. The summed E-state index contributed by atoms with van der Waals surface area (Å²) < 4.78 is 0. The highest BCUT2D eigenvalue weighted by Crippen LogP contribution is 2.22. The van der Waals surface area contributed by atoms with Crippen LogP contribution in [0.4, 0.5) is 0 Å². The van der Waals surface area contributed by atoms with E-state index in [2.05, 4.69) is 10.6 Å². The number of thioether (sulfide) groups is 1. The van der Waals surface area contributed by atoms with Crippen molar-refractivity contribution in [3.8, 4) is 0 Å². The summed E-state index contributed by atoms with van der Waals surface area (Å²) in [6, 6.07) is 9.75. The third kappa shape index (κ3) is 3.48. The molecule has 0 aromatic heterocycles. The van der Waals surface area contributed by atoms with E-state index in [0.29, 0.717) is 6.42 Å². The minimum Gasteiger partial charge on any atom is -0.369 e. The van der Waals surface area contributed by atoms with Crippen LogP contribution in [0.2, 0.25) is 0 Å². The molecule has 0 bridgehead atoms. The smallest absolute Gasteiger partial charge is 0.227 e. The predicted octanol–water partition coefficient (Wildman–Crippen LogP) is 0.339. The summed E-state index contributed by atoms with van der Waals surface area (Å²) in [7, 11) is 0. The van der Waals surface area contributed by atoms with Gasteiger partial charge in [0.25, 0.3) is 0 Å². The molecule has 2 atom stereocenters. The fraction of sp³-hybridized carbons (Fsp3) is 0.333. The Morgan fingerprint density at radius 2 is 2.11 bits per heavy atom. The van der Waals surface area contributed by atoms with E-state index in [4.69, 9.17) is 5.73 Å². The highest BCUT2D eigenvalue weighted by atomic mass is 32.2. The highest BCUT2D eigenvalue weighted by Gasteiger charge is 2.26. The van der Waals surface area contributed by atoms with Crippen molar-refractivity contribution in [2.45, 2.75) is 18.0 Å². The van der Waals surface area contributed by atoms with Crippen LogP contribution in [0.15, 0.2) is 30.3 Å².